The van der Waals surface area contributed by atoms with Gasteiger partial charge < -0.3 is 0 Å². The zero-order valence-electron chi connectivity index (χ0n) is 9.98. The van der Waals surface area contributed by atoms with Gasteiger partial charge in [0, 0.05) is 0 Å². The molecule has 0 unspecified atom stereocenters. The van der Waals surface area contributed by atoms with E-state index in [-0.39, 0.29) is 9.52 Å². The van der Waals surface area contributed by atoms with Gasteiger partial charge >= 0.3 is 0 Å². The smallest absolute Gasteiger partial charge is 0.0655 e. The summed E-state index contributed by atoms with van der Waals surface area (Å²) in [5.74, 6) is 0. The molecule has 16 heavy (non-hydrogen) atoms. The van der Waals surface area contributed by atoms with Crippen molar-refractivity contribution < 1.29 is 0 Å². The van der Waals surface area contributed by atoms with Crippen molar-refractivity contribution >= 4 is 14.7 Å². The van der Waals surface area contributed by atoms with E-state index in [9.17, 15) is 0 Å². The van der Waals surface area contributed by atoms with Gasteiger partial charge in [0.25, 0.3) is 0 Å². The lowest BCUT2D eigenvalue weighted by Crippen LogP contribution is -2.34. The van der Waals surface area contributed by atoms with Crippen LogP contribution < -0.4 is 5.19 Å². The second kappa shape index (κ2) is 4.66. The van der Waals surface area contributed by atoms with Crippen LogP contribution >= 0.6 is 0 Å². The van der Waals surface area contributed by atoms with E-state index in [1.54, 1.807) is 0 Å². The molecule has 0 saturated heterocycles. The van der Waals surface area contributed by atoms with E-state index in [0.717, 1.165) is 0 Å². The maximum Gasteiger partial charge on any atom is 0.0655 e. The lowest BCUT2D eigenvalue weighted by atomic mass is 10.0. The van der Waals surface area contributed by atoms with Crippen molar-refractivity contribution in [2.24, 2.45) is 0 Å². The quantitative estimate of drug-likeness (QED) is 0.705. The molecule has 0 radical (unpaired) electrons. The summed E-state index contributed by atoms with van der Waals surface area (Å²) in [7, 11) is -0.282. The maximum absolute atomic E-state index is 2.36. The first-order chi connectivity index (χ1) is 7.68. The molecule has 0 aliphatic carbocycles. The SMILES string of the molecule is CC(C)([SiH2]c1ccccc1)c1ccccc1. The van der Waals surface area contributed by atoms with Gasteiger partial charge in [0.05, 0.1) is 9.52 Å². The summed E-state index contributed by atoms with van der Waals surface area (Å²) >= 11 is 0. The molecule has 2 aromatic carbocycles. The third-order valence-electron chi connectivity index (χ3n) is 3.04. The molecule has 0 aliphatic rings. The van der Waals surface area contributed by atoms with Crippen molar-refractivity contribution in [1.82, 2.24) is 0 Å². The summed E-state index contributed by atoms with van der Waals surface area (Å²) in [6, 6.07) is 21.7. The number of benzene rings is 2. The second-order valence-corrected chi connectivity index (χ2v) is 7.85. The molecule has 0 fully saturated rings. The van der Waals surface area contributed by atoms with Crippen LogP contribution in [0.15, 0.2) is 60.7 Å². The molecule has 0 spiro atoms. The lowest BCUT2D eigenvalue weighted by Gasteiger charge is -2.24. The molecule has 0 nitrogen and oxygen atoms in total. The topological polar surface area (TPSA) is 0 Å². The molecule has 0 heterocycles. The molecule has 0 atom stereocenters. The first-order valence-corrected chi connectivity index (χ1v) is 7.19. The molecule has 0 amide bonds. The highest BCUT2D eigenvalue weighted by molar-refractivity contribution is 6.56. The summed E-state index contributed by atoms with van der Waals surface area (Å²) in [6.07, 6.45) is 0. The van der Waals surface area contributed by atoms with Crippen molar-refractivity contribution in [2.75, 3.05) is 0 Å². The van der Waals surface area contributed by atoms with Gasteiger partial charge in [0.1, 0.15) is 0 Å². The first kappa shape index (κ1) is 11.2. The Morgan fingerprint density at radius 2 is 1.25 bits per heavy atom. The van der Waals surface area contributed by atoms with E-state index in [4.69, 9.17) is 0 Å². The van der Waals surface area contributed by atoms with Crippen LogP contribution in [0.4, 0.5) is 0 Å². The molecule has 0 N–H and O–H groups in total. The Labute approximate surface area is 100 Å². The van der Waals surface area contributed by atoms with Crippen LogP contribution in [0.5, 0.6) is 0 Å². The molecule has 2 rings (SSSR count). The maximum atomic E-state index is 2.36. The summed E-state index contributed by atoms with van der Waals surface area (Å²) in [5.41, 5.74) is 1.46. The minimum absolute atomic E-state index is 0.282. The van der Waals surface area contributed by atoms with E-state index in [2.05, 4.69) is 74.5 Å². The van der Waals surface area contributed by atoms with E-state index in [1.165, 1.54) is 10.8 Å². The molecular formula is C15H18Si. The summed E-state index contributed by atoms with van der Waals surface area (Å²) in [4.78, 5) is 0. The van der Waals surface area contributed by atoms with E-state index in [0.29, 0.717) is 5.04 Å². The van der Waals surface area contributed by atoms with Crippen molar-refractivity contribution in [3.8, 4) is 0 Å². The largest absolute Gasteiger partial charge is 0.0660 e. The van der Waals surface area contributed by atoms with Crippen LogP contribution in [0.1, 0.15) is 19.4 Å². The van der Waals surface area contributed by atoms with Crippen LogP contribution in [0.2, 0.25) is 0 Å². The second-order valence-electron chi connectivity index (χ2n) is 4.91. The highest BCUT2D eigenvalue weighted by Gasteiger charge is 2.20. The highest BCUT2D eigenvalue weighted by Crippen LogP contribution is 2.20. The fourth-order valence-electron chi connectivity index (χ4n) is 2.10. The minimum atomic E-state index is -0.282. The van der Waals surface area contributed by atoms with Gasteiger partial charge in [-0.1, -0.05) is 79.7 Å². The number of rotatable bonds is 3. The predicted molar refractivity (Wildman–Crippen MR) is 74.1 cm³/mol. The minimum Gasteiger partial charge on any atom is -0.0660 e. The first-order valence-electron chi connectivity index (χ1n) is 5.78. The Morgan fingerprint density at radius 1 is 0.750 bits per heavy atom. The normalized spacial score (nSPS) is 12.1. The molecular weight excluding hydrogens is 208 g/mol. The van der Waals surface area contributed by atoms with Gasteiger partial charge in [0.15, 0.2) is 0 Å². The molecule has 1 heteroatoms. The predicted octanol–water partition coefficient (Wildman–Crippen LogP) is 2.42. The van der Waals surface area contributed by atoms with Crippen LogP contribution in [0.25, 0.3) is 0 Å². The van der Waals surface area contributed by atoms with Gasteiger partial charge in [-0.15, -0.1) is 0 Å². The third-order valence-corrected chi connectivity index (χ3v) is 5.22. The van der Waals surface area contributed by atoms with E-state index in [1.807, 2.05) is 0 Å². The Kier molecular flexibility index (Phi) is 3.25. The Morgan fingerprint density at radius 3 is 1.81 bits per heavy atom. The summed E-state index contributed by atoms with van der Waals surface area (Å²) in [5, 5.41) is 1.87. The molecule has 0 saturated carbocycles. The fraction of sp³-hybridized carbons (Fsp3) is 0.200. The van der Waals surface area contributed by atoms with Crippen LogP contribution in [0.3, 0.4) is 0 Å². The number of hydrogen-bond donors (Lipinski definition) is 0. The zero-order valence-corrected chi connectivity index (χ0v) is 11.4. The molecule has 2 aromatic rings. The van der Waals surface area contributed by atoms with Gasteiger partial charge in [0.2, 0.25) is 0 Å². The average molecular weight is 226 g/mol. The molecule has 0 bridgehead atoms. The Hall–Kier alpha value is -1.34. The van der Waals surface area contributed by atoms with Crippen molar-refractivity contribution in [3.05, 3.63) is 66.2 Å². The van der Waals surface area contributed by atoms with E-state index < -0.39 is 0 Å². The summed E-state index contributed by atoms with van der Waals surface area (Å²) in [6.45, 7) is 4.73. The Bertz CT molecular complexity index is 432. The molecule has 82 valence electrons. The lowest BCUT2D eigenvalue weighted by molar-refractivity contribution is 0.756. The van der Waals surface area contributed by atoms with Gasteiger partial charge in [-0.2, -0.15) is 0 Å². The monoisotopic (exact) mass is 226 g/mol. The van der Waals surface area contributed by atoms with Gasteiger partial charge in [-0.25, -0.2) is 0 Å². The standard InChI is InChI=1S/C15H18Si/c1-15(2,13-9-5-3-6-10-13)16-14-11-7-4-8-12-14/h3-12H,16H2,1-2H3. The van der Waals surface area contributed by atoms with E-state index >= 15 is 0 Å². The van der Waals surface area contributed by atoms with Crippen molar-refractivity contribution in [2.45, 2.75) is 18.9 Å². The van der Waals surface area contributed by atoms with Crippen LogP contribution in [-0.2, 0) is 5.04 Å². The molecule has 0 aromatic heterocycles. The third kappa shape index (κ3) is 2.61. The van der Waals surface area contributed by atoms with Crippen LogP contribution in [0, 0.1) is 0 Å². The molecule has 0 aliphatic heterocycles. The summed E-state index contributed by atoms with van der Waals surface area (Å²) < 4.78 is 0. The fourth-order valence-corrected chi connectivity index (χ4v) is 4.07. The van der Waals surface area contributed by atoms with Crippen LogP contribution in [-0.4, -0.2) is 9.52 Å². The van der Waals surface area contributed by atoms with Crippen molar-refractivity contribution in [1.29, 1.82) is 0 Å². The number of hydrogen-bond acceptors (Lipinski definition) is 0. The van der Waals surface area contributed by atoms with Gasteiger partial charge in [-0.3, -0.25) is 0 Å². The Balaban J connectivity index is 2.21. The van der Waals surface area contributed by atoms with Gasteiger partial charge in [-0.05, 0) is 10.6 Å². The zero-order chi connectivity index (χ0) is 11.4. The van der Waals surface area contributed by atoms with Crippen molar-refractivity contribution in [3.63, 3.8) is 0 Å². The highest BCUT2D eigenvalue weighted by atomic mass is 28.2. The average Bonchev–Trinajstić information content (AvgIpc) is 2.31.